The summed E-state index contributed by atoms with van der Waals surface area (Å²) in [6.07, 6.45) is 3.13. The monoisotopic (exact) mass is 282 g/mol. The number of benzene rings is 2. The molecule has 0 atom stereocenters. The Bertz CT molecular complexity index is 667. The molecule has 3 nitrogen and oxygen atoms in total. The van der Waals surface area contributed by atoms with Crippen molar-refractivity contribution in [2.24, 2.45) is 0 Å². The zero-order valence-electron chi connectivity index (χ0n) is 10.5. The molecule has 0 aromatic heterocycles. The first-order chi connectivity index (χ1) is 9.67. The quantitative estimate of drug-likeness (QED) is 0.869. The van der Waals surface area contributed by atoms with Crippen molar-refractivity contribution in [2.75, 3.05) is 5.32 Å². The van der Waals surface area contributed by atoms with Gasteiger partial charge in [0.15, 0.2) is 0 Å². The number of nitrogens with zero attached hydrogens (tertiary/aromatic N) is 1. The minimum absolute atomic E-state index is 0.225. The first kappa shape index (κ1) is 13.9. The maximum atomic E-state index is 11.7. The van der Waals surface area contributed by atoms with E-state index in [1.54, 1.807) is 54.6 Å². The lowest BCUT2D eigenvalue weighted by Gasteiger charge is -2.01. The Labute approximate surface area is 122 Å². The highest BCUT2D eigenvalue weighted by Gasteiger charge is 1.97. The summed E-state index contributed by atoms with van der Waals surface area (Å²) in [6, 6.07) is 15.9. The molecule has 1 amide bonds. The molecule has 0 aliphatic rings. The van der Waals surface area contributed by atoms with Gasteiger partial charge in [0.2, 0.25) is 5.91 Å². The maximum absolute atomic E-state index is 11.7. The molecule has 0 saturated heterocycles. The second-order valence-electron chi connectivity index (χ2n) is 4.06. The average molecular weight is 283 g/mol. The molecule has 1 N–H and O–H groups in total. The summed E-state index contributed by atoms with van der Waals surface area (Å²) in [6.45, 7) is 0. The van der Waals surface area contributed by atoms with Gasteiger partial charge in [0.1, 0.15) is 0 Å². The molecule has 0 radical (unpaired) electrons. The Morgan fingerprint density at radius 2 is 1.75 bits per heavy atom. The smallest absolute Gasteiger partial charge is 0.248 e. The van der Waals surface area contributed by atoms with Crippen LogP contribution in [0.25, 0.3) is 6.08 Å². The molecular weight excluding hydrogens is 272 g/mol. The van der Waals surface area contributed by atoms with Gasteiger partial charge in [-0.3, -0.25) is 4.79 Å². The number of halogens is 1. The van der Waals surface area contributed by atoms with Crippen molar-refractivity contribution < 1.29 is 4.79 Å². The van der Waals surface area contributed by atoms with Gasteiger partial charge in [0.25, 0.3) is 0 Å². The number of carbonyl (C=O) groups excluding carboxylic acids is 1. The van der Waals surface area contributed by atoms with Crippen molar-refractivity contribution in [1.82, 2.24) is 0 Å². The minimum atomic E-state index is -0.225. The molecule has 98 valence electrons. The lowest BCUT2D eigenvalue weighted by Crippen LogP contribution is -2.07. The fourth-order valence-electron chi connectivity index (χ4n) is 1.56. The summed E-state index contributed by atoms with van der Waals surface area (Å²) in [5.74, 6) is -0.225. The van der Waals surface area contributed by atoms with Gasteiger partial charge >= 0.3 is 0 Å². The number of hydrogen-bond acceptors (Lipinski definition) is 2. The largest absolute Gasteiger partial charge is 0.323 e. The first-order valence-corrected chi connectivity index (χ1v) is 6.30. The van der Waals surface area contributed by atoms with Crippen LogP contribution < -0.4 is 5.32 Å². The summed E-state index contributed by atoms with van der Waals surface area (Å²) in [7, 11) is 0. The van der Waals surface area contributed by atoms with Gasteiger partial charge in [-0.2, -0.15) is 5.26 Å². The minimum Gasteiger partial charge on any atom is -0.323 e. The van der Waals surface area contributed by atoms with E-state index in [4.69, 9.17) is 16.9 Å². The van der Waals surface area contributed by atoms with Crippen LogP contribution in [-0.4, -0.2) is 5.91 Å². The Kier molecular flexibility index (Phi) is 4.54. The number of anilines is 1. The number of carbonyl (C=O) groups is 1. The normalized spacial score (nSPS) is 10.2. The third-order valence-electron chi connectivity index (χ3n) is 2.58. The number of rotatable bonds is 3. The van der Waals surface area contributed by atoms with Crippen molar-refractivity contribution in [3.63, 3.8) is 0 Å². The number of nitrogens with one attached hydrogen (secondary N) is 1. The van der Waals surface area contributed by atoms with E-state index in [2.05, 4.69) is 5.32 Å². The summed E-state index contributed by atoms with van der Waals surface area (Å²) < 4.78 is 0. The zero-order chi connectivity index (χ0) is 14.4. The lowest BCUT2D eigenvalue weighted by molar-refractivity contribution is -0.111. The van der Waals surface area contributed by atoms with Gasteiger partial charge in [-0.05, 0) is 48.0 Å². The summed E-state index contributed by atoms with van der Waals surface area (Å²) in [5, 5.41) is 12.0. The predicted octanol–water partition coefficient (Wildman–Crippen LogP) is 3.86. The third-order valence-corrected chi connectivity index (χ3v) is 2.83. The van der Waals surface area contributed by atoms with E-state index in [9.17, 15) is 4.79 Å². The third kappa shape index (κ3) is 3.98. The van der Waals surface area contributed by atoms with Crippen LogP contribution in [0.5, 0.6) is 0 Å². The van der Waals surface area contributed by atoms with Crippen LogP contribution in [0.1, 0.15) is 11.1 Å². The van der Waals surface area contributed by atoms with Crippen LogP contribution in [0.3, 0.4) is 0 Å². The zero-order valence-corrected chi connectivity index (χ0v) is 11.3. The summed E-state index contributed by atoms with van der Waals surface area (Å²) in [4.78, 5) is 11.7. The second-order valence-corrected chi connectivity index (χ2v) is 4.50. The van der Waals surface area contributed by atoms with Crippen LogP contribution in [0, 0.1) is 11.3 Å². The average Bonchev–Trinajstić information content (AvgIpc) is 2.48. The molecule has 0 unspecified atom stereocenters. The van der Waals surface area contributed by atoms with Crippen molar-refractivity contribution in [2.45, 2.75) is 0 Å². The van der Waals surface area contributed by atoms with E-state index in [-0.39, 0.29) is 5.91 Å². The molecule has 0 bridgehead atoms. The fraction of sp³-hybridized carbons (Fsp3) is 0. The van der Waals surface area contributed by atoms with Gasteiger partial charge in [-0.1, -0.05) is 23.7 Å². The van der Waals surface area contributed by atoms with Crippen molar-refractivity contribution >= 4 is 29.3 Å². The SMILES string of the molecule is N#Cc1ccc(/C=C/C(=O)Nc2ccc(Cl)cc2)cc1. The number of nitriles is 1. The van der Waals surface area contributed by atoms with Gasteiger partial charge < -0.3 is 5.32 Å². The van der Waals surface area contributed by atoms with E-state index in [0.29, 0.717) is 16.3 Å². The van der Waals surface area contributed by atoms with Crippen molar-refractivity contribution in [3.8, 4) is 6.07 Å². The van der Waals surface area contributed by atoms with Gasteiger partial charge in [0.05, 0.1) is 11.6 Å². The van der Waals surface area contributed by atoms with E-state index in [1.165, 1.54) is 6.08 Å². The molecule has 0 aliphatic heterocycles. The van der Waals surface area contributed by atoms with Gasteiger partial charge in [-0.15, -0.1) is 0 Å². The molecule has 4 heteroatoms. The summed E-state index contributed by atoms with van der Waals surface area (Å²) >= 11 is 5.76. The van der Waals surface area contributed by atoms with Crippen LogP contribution in [0.15, 0.2) is 54.6 Å². The maximum Gasteiger partial charge on any atom is 0.248 e. The highest BCUT2D eigenvalue weighted by atomic mass is 35.5. The molecule has 0 aliphatic carbocycles. The topological polar surface area (TPSA) is 52.9 Å². The van der Waals surface area contributed by atoms with Crippen LogP contribution in [0.4, 0.5) is 5.69 Å². The number of hydrogen-bond donors (Lipinski definition) is 1. The lowest BCUT2D eigenvalue weighted by atomic mass is 10.1. The van der Waals surface area contributed by atoms with Crippen LogP contribution >= 0.6 is 11.6 Å². The Hall–Kier alpha value is -2.57. The predicted molar refractivity (Wildman–Crippen MR) is 80.3 cm³/mol. The molecule has 0 heterocycles. The molecule has 20 heavy (non-hydrogen) atoms. The molecule has 2 aromatic rings. The van der Waals surface area contributed by atoms with Crippen LogP contribution in [-0.2, 0) is 4.79 Å². The van der Waals surface area contributed by atoms with E-state index >= 15 is 0 Å². The summed E-state index contributed by atoms with van der Waals surface area (Å²) in [5.41, 5.74) is 2.13. The molecule has 0 spiro atoms. The van der Waals surface area contributed by atoms with Gasteiger partial charge in [0, 0.05) is 16.8 Å². The fourth-order valence-corrected chi connectivity index (χ4v) is 1.68. The molecule has 2 aromatic carbocycles. The Morgan fingerprint density at radius 1 is 1.10 bits per heavy atom. The van der Waals surface area contributed by atoms with E-state index in [1.807, 2.05) is 6.07 Å². The molecule has 2 rings (SSSR count). The highest BCUT2D eigenvalue weighted by Crippen LogP contribution is 2.13. The molecule has 0 saturated carbocycles. The van der Waals surface area contributed by atoms with Crippen molar-refractivity contribution in [1.29, 1.82) is 5.26 Å². The first-order valence-electron chi connectivity index (χ1n) is 5.92. The van der Waals surface area contributed by atoms with Crippen molar-refractivity contribution in [3.05, 3.63) is 70.8 Å². The Morgan fingerprint density at radius 3 is 2.35 bits per heavy atom. The molecular formula is C16H11ClN2O. The Balaban J connectivity index is 1.98. The van der Waals surface area contributed by atoms with Gasteiger partial charge in [-0.25, -0.2) is 0 Å². The molecule has 0 fully saturated rings. The van der Waals surface area contributed by atoms with Crippen LogP contribution in [0.2, 0.25) is 5.02 Å². The highest BCUT2D eigenvalue weighted by molar-refractivity contribution is 6.30. The van der Waals surface area contributed by atoms with E-state index in [0.717, 1.165) is 5.56 Å². The standard InChI is InChI=1S/C16H11ClN2O/c17-14-6-8-15(9-7-14)19-16(20)10-5-12-1-3-13(11-18)4-2-12/h1-10H,(H,19,20)/b10-5+. The van der Waals surface area contributed by atoms with E-state index < -0.39 is 0 Å². The second kappa shape index (κ2) is 6.55. The number of amides is 1.